The molecule has 2 rings (SSSR count). The van der Waals surface area contributed by atoms with Gasteiger partial charge in [-0.2, -0.15) is 0 Å². The van der Waals surface area contributed by atoms with Crippen molar-refractivity contribution in [3.63, 3.8) is 0 Å². The minimum absolute atomic E-state index is 0.0144. The molecule has 110 valence electrons. The lowest BCUT2D eigenvalue weighted by Crippen LogP contribution is -2.43. The van der Waals surface area contributed by atoms with E-state index in [-0.39, 0.29) is 24.4 Å². The molecule has 0 aliphatic carbocycles. The number of rotatable bonds is 5. The van der Waals surface area contributed by atoms with Crippen molar-refractivity contribution in [2.75, 3.05) is 31.1 Å². The predicted octanol–water partition coefficient (Wildman–Crippen LogP) is 1.64. The third-order valence-electron chi connectivity index (χ3n) is 3.80. The number of hydrogen-bond acceptors (Lipinski definition) is 3. The molecule has 0 aromatic heterocycles. The Morgan fingerprint density at radius 1 is 1.45 bits per heavy atom. The molecule has 1 atom stereocenters. The van der Waals surface area contributed by atoms with Crippen molar-refractivity contribution in [3.8, 4) is 0 Å². The van der Waals surface area contributed by atoms with Gasteiger partial charge in [-0.05, 0) is 50.6 Å². The number of hydrogen-bond donors (Lipinski definition) is 1. The first-order valence-electron chi connectivity index (χ1n) is 7.06. The monoisotopic (exact) mass is 280 g/mol. The smallest absolute Gasteiger partial charge is 0.241 e. The van der Waals surface area contributed by atoms with Gasteiger partial charge in [-0.3, -0.25) is 9.69 Å². The third-order valence-corrected chi connectivity index (χ3v) is 3.80. The summed E-state index contributed by atoms with van der Waals surface area (Å²) in [5.41, 5.74) is 0.707. The Morgan fingerprint density at radius 2 is 2.15 bits per heavy atom. The van der Waals surface area contributed by atoms with Crippen LogP contribution in [0.15, 0.2) is 24.3 Å². The number of likely N-dealkylation sites (N-methyl/N-ethyl adjacent to an activating group) is 1. The van der Waals surface area contributed by atoms with Gasteiger partial charge in [-0.25, -0.2) is 4.39 Å². The van der Waals surface area contributed by atoms with Gasteiger partial charge in [0.25, 0.3) is 0 Å². The lowest BCUT2D eigenvalue weighted by molar-refractivity contribution is -0.120. The Kier molecular flexibility index (Phi) is 5.09. The van der Waals surface area contributed by atoms with E-state index in [1.165, 1.54) is 12.1 Å². The van der Waals surface area contributed by atoms with Crippen molar-refractivity contribution in [2.45, 2.75) is 25.8 Å². The van der Waals surface area contributed by atoms with Crippen molar-refractivity contribution in [1.29, 1.82) is 0 Å². The Balaban J connectivity index is 2.03. The minimum Gasteiger partial charge on any atom is -0.395 e. The predicted molar refractivity (Wildman–Crippen MR) is 76.1 cm³/mol. The van der Waals surface area contributed by atoms with Crippen LogP contribution >= 0.6 is 0 Å². The van der Waals surface area contributed by atoms with Gasteiger partial charge in [0.05, 0.1) is 13.2 Å². The van der Waals surface area contributed by atoms with Gasteiger partial charge in [0.2, 0.25) is 5.91 Å². The van der Waals surface area contributed by atoms with Crippen LogP contribution in [0.25, 0.3) is 0 Å². The number of halogens is 1. The lowest BCUT2D eigenvalue weighted by Gasteiger charge is -2.27. The van der Waals surface area contributed by atoms with Crippen LogP contribution in [0.4, 0.5) is 10.1 Å². The largest absolute Gasteiger partial charge is 0.395 e. The van der Waals surface area contributed by atoms with Gasteiger partial charge < -0.3 is 10.0 Å². The topological polar surface area (TPSA) is 43.8 Å². The van der Waals surface area contributed by atoms with Crippen LogP contribution < -0.4 is 4.90 Å². The van der Waals surface area contributed by atoms with E-state index >= 15 is 0 Å². The van der Waals surface area contributed by atoms with Crippen molar-refractivity contribution in [2.24, 2.45) is 0 Å². The van der Waals surface area contributed by atoms with Gasteiger partial charge in [0.15, 0.2) is 0 Å². The molecule has 1 heterocycles. The maximum Gasteiger partial charge on any atom is 0.241 e. The first-order chi connectivity index (χ1) is 9.65. The van der Waals surface area contributed by atoms with E-state index in [0.717, 1.165) is 19.4 Å². The van der Waals surface area contributed by atoms with Crippen LogP contribution in [-0.4, -0.2) is 48.2 Å². The summed E-state index contributed by atoms with van der Waals surface area (Å²) >= 11 is 0. The zero-order chi connectivity index (χ0) is 14.5. The van der Waals surface area contributed by atoms with Gasteiger partial charge in [0.1, 0.15) is 5.82 Å². The van der Waals surface area contributed by atoms with E-state index in [9.17, 15) is 14.3 Å². The molecule has 0 saturated carbocycles. The fraction of sp³-hybridized carbons (Fsp3) is 0.533. The van der Waals surface area contributed by atoms with Crippen molar-refractivity contribution >= 4 is 11.6 Å². The Morgan fingerprint density at radius 3 is 2.75 bits per heavy atom. The second-order valence-corrected chi connectivity index (χ2v) is 5.06. The summed E-state index contributed by atoms with van der Waals surface area (Å²) in [5.74, 6) is -0.323. The first kappa shape index (κ1) is 14.9. The SMILES string of the molecule is CCN(C(=O)CN1CCC[C@@H]1CO)c1ccc(F)cc1. The molecule has 5 heteroatoms. The Bertz CT molecular complexity index is 450. The molecule has 0 spiro atoms. The molecule has 1 fully saturated rings. The van der Waals surface area contributed by atoms with E-state index in [1.54, 1.807) is 17.0 Å². The number of carbonyl (C=O) groups is 1. The number of nitrogens with zero attached hydrogens (tertiary/aromatic N) is 2. The summed E-state index contributed by atoms with van der Waals surface area (Å²) in [6, 6.07) is 6.04. The highest BCUT2D eigenvalue weighted by molar-refractivity contribution is 5.94. The first-order valence-corrected chi connectivity index (χ1v) is 7.06. The number of carbonyl (C=O) groups excluding carboxylic acids is 1. The molecule has 0 unspecified atom stereocenters. The van der Waals surface area contributed by atoms with Gasteiger partial charge in [0, 0.05) is 18.3 Å². The minimum atomic E-state index is -0.308. The van der Waals surface area contributed by atoms with Gasteiger partial charge in [-0.15, -0.1) is 0 Å². The lowest BCUT2D eigenvalue weighted by atomic mass is 10.2. The quantitative estimate of drug-likeness (QED) is 0.891. The highest BCUT2D eigenvalue weighted by atomic mass is 19.1. The van der Waals surface area contributed by atoms with E-state index in [1.807, 2.05) is 11.8 Å². The fourth-order valence-electron chi connectivity index (χ4n) is 2.69. The van der Waals surface area contributed by atoms with Crippen LogP contribution in [0.1, 0.15) is 19.8 Å². The van der Waals surface area contributed by atoms with E-state index < -0.39 is 0 Å². The van der Waals surface area contributed by atoms with Crippen LogP contribution in [0, 0.1) is 5.82 Å². The van der Waals surface area contributed by atoms with Crippen LogP contribution in [-0.2, 0) is 4.79 Å². The molecular weight excluding hydrogens is 259 g/mol. The van der Waals surface area contributed by atoms with Crippen molar-refractivity contribution in [3.05, 3.63) is 30.1 Å². The third kappa shape index (κ3) is 3.35. The van der Waals surface area contributed by atoms with Crippen LogP contribution in [0.5, 0.6) is 0 Å². The summed E-state index contributed by atoms with van der Waals surface area (Å²) in [6.07, 6.45) is 1.95. The van der Waals surface area contributed by atoms with E-state index in [4.69, 9.17) is 0 Å². The molecule has 20 heavy (non-hydrogen) atoms. The molecule has 1 aromatic carbocycles. The number of benzene rings is 1. The fourth-order valence-corrected chi connectivity index (χ4v) is 2.69. The molecule has 0 radical (unpaired) electrons. The molecule has 1 amide bonds. The second kappa shape index (κ2) is 6.81. The van der Waals surface area contributed by atoms with Crippen molar-refractivity contribution < 1.29 is 14.3 Å². The number of likely N-dealkylation sites (tertiary alicyclic amines) is 1. The average molecular weight is 280 g/mol. The number of anilines is 1. The summed E-state index contributed by atoms with van der Waals surface area (Å²) in [4.78, 5) is 16.1. The van der Waals surface area contributed by atoms with Gasteiger partial charge in [-0.1, -0.05) is 0 Å². The number of amides is 1. The molecule has 0 bridgehead atoms. The zero-order valence-electron chi connectivity index (χ0n) is 11.8. The van der Waals surface area contributed by atoms with Crippen LogP contribution in [0.2, 0.25) is 0 Å². The molecule has 1 aliphatic rings. The zero-order valence-corrected chi connectivity index (χ0v) is 11.8. The molecule has 4 nitrogen and oxygen atoms in total. The normalized spacial score (nSPS) is 19.2. The van der Waals surface area contributed by atoms with E-state index in [2.05, 4.69) is 0 Å². The summed E-state index contributed by atoms with van der Waals surface area (Å²) in [6.45, 7) is 3.68. The molecular formula is C15H21FN2O2. The van der Waals surface area contributed by atoms with Gasteiger partial charge >= 0.3 is 0 Å². The van der Waals surface area contributed by atoms with Crippen molar-refractivity contribution in [1.82, 2.24) is 4.90 Å². The number of aliphatic hydroxyl groups is 1. The summed E-state index contributed by atoms with van der Waals surface area (Å²) < 4.78 is 12.9. The molecule has 1 aromatic rings. The maximum absolute atomic E-state index is 12.9. The van der Waals surface area contributed by atoms with Crippen LogP contribution in [0.3, 0.4) is 0 Å². The molecule has 1 aliphatic heterocycles. The highest BCUT2D eigenvalue weighted by Crippen LogP contribution is 2.19. The summed E-state index contributed by atoms with van der Waals surface area (Å²) in [7, 11) is 0. The Labute approximate surface area is 118 Å². The standard InChI is InChI=1S/C15H21FN2O2/c1-2-18(13-7-5-12(16)6-8-13)15(20)10-17-9-3-4-14(17)11-19/h5-8,14,19H,2-4,9-11H2,1H3/t14-/m1/s1. The maximum atomic E-state index is 12.9. The molecule has 1 N–H and O–H groups in total. The summed E-state index contributed by atoms with van der Waals surface area (Å²) in [5, 5.41) is 9.28. The van der Waals surface area contributed by atoms with E-state index in [0.29, 0.717) is 18.8 Å². The highest BCUT2D eigenvalue weighted by Gasteiger charge is 2.27. The Hall–Kier alpha value is -1.46. The number of aliphatic hydroxyl groups excluding tert-OH is 1. The second-order valence-electron chi connectivity index (χ2n) is 5.06. The average Bonchev–Trinajstić information content (AvgIpc) is 2.89. The molecule has 1 saturated heterocycles.